The molecule has 1 heterocycles. The Balaban J connectivity index is 2.21. The van der Waals surface area contributed by atoms with Crippen LogP contribution in [-0.4, -0.2) is 31.7 Å². The second-order valence-electron chi connectivity index (χ2n) is 3.28. The average molecular weight is 286 g/mol. The van der Waals surface area contributed by atoms with Crippen LogP contribution < -0.4 is 3.91 Å². The first-order chi connectivity index (χ1) is 7.33. The fraction of sp³-hybridized carbons (Fsp3) is 0.364. The Labute approximate surface area is 99.5 Å². The Morgan fingerprint density at radius 2 is 2.27 bits per heavy atom. The Hall–Kier alpha value is -0.411. The molecule has 0 saturated heterocycles. The number of benzene rings is 1. The molecule has 0 aliphatic carbocycles. The maximum atomic E-state index is 9.15. The van der Waals surface area contributed by atoms with Crippen molar-refractivity contribution in [3.8, 4) is 0 Å². The van der Waals surface area contributed by atoms with E-state index in [0.29, 0.717) is 19.8 Å². The molecule has 0 spiro atoms. The predicted octanol–water partition coefficient (Wildman–Crippen LogP) is 1.82. The van der Waals surface area contributed by atoms with E-state index >= 15 is 0 Å². The fourth-order valence-electron chi connectivity index (χ4n) is 1.29. The molecule has 2 nitrogen and oxygen atoms in total. The number of nitrogens with zero attached hydrogens (tertiary/aromatic N) is 1. The van der Waals surface area contributed by atoms with Gasteiger partial charge in [-0.2, -0.15) is 0 Å². The molecular weight excluding hydrogens is 273 g/mol. The Morgan fingerprint density at radius 1 is 1.47 bits per heavy atom. The van der Waals surface area contributed by atoms with Crippen LogP contribution in [0.25, 0.3) is 10.2 Å². The fourth-order valence-corrected chi connectivity index (χ4v) is 5.04. The minimum absolute atomic E-state index is 0.284. The first kappa shape index (κ1) is 11.1. The van der Waals surface area contributed by atoms with E-state index < -0.39 is 0 Å². The van der Waals surface area contributed by atoms with Gasteiger partial charge < -0.3 is 0 Å². The molecule has 15 heavy (non-hydrogen) atoms. The Bertz CT molecular complexity index is 406. The van der Waals surface area contributed by atoms with Gasteiger partial charge in [-0.3, -0.25) is 0 Å². The van der Waals surface area contributed by atoms with Crippen LogP contribution in [0.1, 0.15) is 13.3 Å². The van der Waals surface area contributed by atoms with Crippen LogP contribution in [0.3, 0.4) is 0 Å². The summed E-state index contributed by atoms with van der Waals surface area (Å²) in [6.45, 7) is 2.41. The molecule has 80 valence electrons. The molecule has 0 aliphatic rings. The third-order valence-corrected chi connectivity index (χ3v) is 6.38. The average Bonchev–Trinajstić information content (AvgIpc) is 2.68. The van der Waals surface area contributed by atoms with Crippen molar-refractivity contribution in [2.24, 2.45) is 0 Å². The molecule has 1 atom stereocenters. The van der Waals surface area contributed by atoms with Crippen molar-refractivity contribution in [2.45, 2.75) is 18.2 Å². The molecule has 2 aromatic rings. The quantitative estimate of drug-likeness (QED) is 0.870. The number of aromatic nitrogens is 1. The van der Waals surface area contributed by atoms with Crippen molar-refractivity contribution in [2.75, 3.05) is 6.61 Å². The maximum absolute atomic E-state index is 9.15. The zero-order valence-electron chi connectivity index (χ0n) is 8.51. The van der Waals surface area contributed by atoms with Crippen LogP contribution in [-0.2, 0) is 0 Å². The standard InChI is InChI=1S/C11H13NOSSe/c1-2-8(7-13)15-11-12-9-5-3-4-6-10(9)14-11/h3-6,8,13H,2,7H2,1H3. The molecule has 1 N–H and O–H groups in total. The number of para-hydroxylation sites is 1. The first-order valence-electron chi connectivity index (χ1n) is 4.96. The molecular formula is C11H13NOSSe. The molecule has 1 aromatic carbocycles. The molecule has 4 heteroatoms. The summed E-state index contributed by atoms with van der Waals surface area (Å²) in [6.07, 6.45) is 1.03. The third-order valence-electron chi connectivity index (χ3n) is 2.20. The van der Waals surface area contributed by atoms with Crippen molar-refractivity contribution >= 4 is 40.4 Å². The Kier molecular flexibility index (Phi) is 3.76. The van der Waals surface area contributed by atoms with Gasteiger partial charge in [-0.25, -0.2) is 0 Å². The van der Waals surface area contributed by atoms with Crippen molar-refractivity contribution in [1.29, 1.82) is 0 Å². The van der Waals surface area contributed by atoms with Gasteiger partial charge in [0.2, 0.25) is 0 Å². The van der Waals surface area contributed by atoms with E-state index in [2.05, 4.69) is 18.0 Å². The zero-order chi connectivity index (χ0) is 10.7. The topological polar surface area (TPSA) is 33.1 Å². The summed E-state index contributed by atoms with van der Waals surface area (Å²) in [5, 5.41) is 9.15. The predicted molar refractivity (Wildman–Crippen MR) is 66.1 cm³/mol. The Morgan fingerprint density at radius 3 is 2.93 bits per heavy atom. The van der Waals surface area contributed by atoms with Gasteiger partial charge in [0.25, 0.3) is 0 Å². The molecule has 0 radical (unpaired) electrons. The second kappa shape index (κ2) is 5.08. The molecule has 2 rings (SSSR count). The van der Waals surface area contributed by atoms with Crippen LogP contribution in [0.15, 0.2) is 24.3 Å². The number of aliphatic hydroxyl groups excluding tert-OH is 1. The summed E-state index contributed by atoms with van der Waals surface area (Å²) in [7, 11) is 0. The number of fused-ring (bicyclic) bond motifs is 1. The van der Waals surface area contributed by atoms with Crippen molar-refractivity contribution < 1.29 is 5.11 Å². The van der Waals surface area contributed by atoms with Gasteiger partial charge in [0.05, 0.1) is 0 Å². The van der Waals surface area contributed by atoms with Gasteiger partial charge in [-0.1, -0.05) is 0 Å². The van der Waals surface area contributed by atoms with Crippen LogP contribution in [0.5, 0.6) is 0 Å². The number of thiazole rings is 1. The summed E-state index contributed by atoms with van der Waals surface area (Å²) in [6, 6.07) is 8.21. The van der Waals surface area contributed by atoms with E-state index in [-0.39, 0.29) is 6.61 Å². The van der Waals surface area contributed by atoms with E-state index in [0.717, 1.165) is 11.9 Å². The van der Waals surface area contributed by atoms with Crippen molar-refractivity contribution in [3.05, 3.63) is 24.3 Å². The summed E-state index contributed by atoms with van der Waals surface area (Å²) in [5.74, 6) is 0. The molecule has 1 aromatic heterocycles. The van der Waals surface area contributed by atoms with Crippen LogP contribution >= 0.6 is 11.3 Å². The molecule has 0 amide bonds. The number of aliphatic hydroxyl groups is 1. The second-order valence-corrected chi connectivity index (χ2v) is 7.60. The van der Waals surface area contributed by atoms with E-state index in [4.69, 9.17) is 5.11 Å². The SMILES string of the molecule is CCC(CO)[Se]c1nc2ccccc2s1. The number of rotatable bonds is 4. The van der Waals surface area contributed by atoms with Crippen LogP contribution in [0.4, 0.5) is 0 Å². The van der Waals surface area contributed by atoms with E-state index in [1.807, 2.05) is 18.2 Å². The normalized spacial score (nSPS) is 13.2. The van der Waals surface area contributed by atoms with E-state index in [9.17, 15) is 0 Å². The summed E-state index contributed by atoms with van der Waals surface area (Å²) in [4.78, 5) is 5.00. The number of hydrogen-bond donors (Lipinski definition) is 1. The summed E-state index contributed by atoms with van der Waals surface area (Å²) < 4.78 is 2.45. The molecule has 0 saturated carbocycles. The monoisotopic (exact) mass is 287 g/mol. The summed E-state index contributed by atoms with van der Waals surface area (Å²) >= 11 is 2.07. The van der Waals surface area contributed by atoms with Crippen molar-refractivity contribution in [1.82, 2.24) is 4.98 Å². The zero-order valence-corrected chi connectivity index (χ0v) is 11.0. The van der Waals surface area contributed by atoms with Crippen LogP contribution in [0, 0.1) is 0 Å². The van der Waals surface area contributed by atoms with Crippen molar-refractivity contribution in [3.63, 3.8) is 0 Å². The van der Waals surface area contributed by atoms with Gasteiger partial charge in [0.1, 0.15) is 0 Å². The minimum atomic E-state index is 0.284. The van der Waals surface area contributed by atoms with E-state index in [1.54, 1.807) is 11.3 Å². The molecule has 0 fully saturated rings. The van der Waals surface area contributed by atoms with Crippen LogP contribution in [0.2, 0.25) is 4.82 Å². The third kappa shape index (κ3) is 2.58. The van der Waals surface area contributed by atoms with E-state index in [1.165, 1.54) is 8.61 Å². The van der Waals surface area contributed by atoms with Gasteiger partial charge in [-0.15, -0.1) is 0 Å². The molecule has 1 unspecified atom stereocenters. The molecule has 0 aliphatic heterocycles. The first-order valence-corrected chi connectivity index (χ1v) is 7.62. The van der Waals surface area contributed by atoms with Gasteiger partial charge >= 0.3 is 99.5 Å². The van der Waals surface area contributed by atoms with Gasteiger partial charge in [0, 0.05) is 0 Å². The summed E-state index contributed by atoms with van der Waals surface area (Å²) in [5.41, 5.74) is 1.09. The number of hydrogen-bond acceptors (Lipinski definition) is 3. The van der Waals surface area contributed by atoms with Gasteiger partial charge in [0.15, 0.2) is 0 Å². The van der Waals surface area contributed by atoms with Gasteiger partial charge in [-0.05, 0) is 0 Å². The molecule has 0 bridgehead atoms.